The number of phenols is 1. The molecule has 0 aromatic heterocycles. The SMILES string of the molecule is C[C@@H](CCc1ccccc1)NC(=O)COC(=O)c1ccc(O)cc1. The minimum atomic E-state index is -0.595. The highest BCUT2D eigenvalue weighted by molar-refractivity contribution is 5.91. The summed E-state index contributed by atoms with van der Waals surface area (Å²) in [6.45, 7) is 1.60. The van der Waals surface area contributed by atoms with E-state index < -0.39 is 5.97 Å². The first-order valence-electron chi connectivity index (χ1n) is 7.84. The zero-order valence-corrected chi connectivity index (χ0v) is 13.6. The molecule has 2 aromatic rings. The number of benzene rings is 2. The number of carbonyl (C=O) groups excluding carboxylic acids is 2. The number of rotatable bonds is 7. The van der Waals surface area contributed by atoms with Gasteiger partial charge in [-0.2, -0.15) is 0 Å². The van der Waals surface area contributed by atoms with Crippen molar-refractivity contribution in [1.82, 2.24) is 5.32 Å². The summed E-state index contributed by atoms with van der Waals surface area (Å²) in [5.74, 6) is -0.860. The smallest absolute Gasteiger partial charge is 0.338 e. The van der Waals surface area contributed by atoms with Gasteiger partial charge in [0.15, 0.2) is 6.61 Å². The molecule has 0 unspecified atom stereocenters. The van der Waals surface area contributed by atoms with Crippen LogP contribution in [-0.4, -0.2) is 29.6 Å². The molecule has 1 atom stereocenters. The Bertz CT molecular complexity index is 668. The number of nitrogens with one attached hydrogen (secondary N) is 1. The van der Waals surface area contributed by atoms with Gasteiger partial charge in [-0.1, -0.05) is 30.3 Å². The lowest BCUT2D eigenvalue weighted by Gasteiger charge is -2.14. The molecule has 5 heteroatoms. The molecule has 2 aromatic carbocycles. The molecule has 1 amide bonds. The van der Waals surface area contributed by atoms with Crippen LogP contribution in [0.3, 0.4) is 0 Å². The summed E-state index contributed by atoms with van der Waals surface area (Å²) in [6.07, 6.45) is 1.68. The Morgan fingerprint density at radius 1 is 1.08 bits per heavy atom. The maximum Gasteiger partial charge on any atom is 0.338 e. The monoisotopic (exact) mass is 327 g/mol. The van der Waals surface area contributed by atoms with Crippen LogP contribution < -0.4 is 5.32 Å². The first-order chi connectivity index (χ1) is 11.5. The van der Waals surface area contributed by atoms with E-state index in [1.807, 2.05) is 37.3 Å². The molecule has 0 aliphatic carbocycles. The second-order valence-corrected chi connectivity index (χ2v) is 5.62. The van der Waals surface area contributed by atoms with E-state index in [2.05, 4.69) is 5.32 Å². The van der Waals surface area contributed by atoms with E-state index in [0.29, 0.717) is 0 Å². The fourth-order valence-electron chi connectivity index (χ4n) is 2.23. The normalized spacial score (nSPS) is 11.5. The number of esters is 1. The Morgan fingerprint density at radius 3 is 2.42 bits per heavy atom. The summed E-state index contributed by atoms with van der Waals surface area (Å²) in [6, 6.07) is 15.7. The molecule has 5 nitrogen and oxygen atoms in total. The van der Waals surface area contributed by atoms with Gasteiger partial charge in [-0.25, -0.2) is 4.79 Å². The third-order valence-electron chi connectivity index (χ3n) is 3.55. The zero-order valence-electron chi connectivity index (χ0n) is 13.6. The average molecular weight is 327 g/mol. The first kappa shape index (κ1) is 17.5. The summed E-state index contributed by atoms with van der Waals surface area (Å²) >= 11 is 0. The van der Waals surface area contributed by atoms with E-state index in [9.17, 15) is 14.7 Å². The van der Waals surface area contributed by atoms with Crippen LogP contribution in [0, 0.1) is 0 Å². The molecule has 126 valence electrons. The highest BCUT2D eigenvalue weighted by Crippen LogP contribution is 2.10. The van der Waals surface area contributed by atoms with E-state index in [-0.39, 0.29) is 29.9 Å². The predicted molar refractivity (Wildman–Crippen MR) is 90.8 cm³/mol. The van der Waals surface area contributed by atoms with Crippen LogP contribution >= 0.6 is 0 Å². The van der Waals surface area contributed by atoms with Crippen molar-refractivity contribution in [2.24, 2.45) is 0 Å². The summed E-state index contributed by atoms with van der Waals surface area (Å²) in [5, 5.41) is 12.0. The van der Waals surface area contributed by atoms with Gasteiger partial charge in [0.1, 0.15) is 5.75 Å². The van der Waals surface area contributed by atoms with Crippen molar-refractivity contribution in [2.45, 2.75) is 25.8 Å². The van der Waals surface area contributed by atoms with Crippen LogP contribution in [0.15, 0.2) is 54.6 Å². The lowest BCUT2D eigenvalue weighted by molar-refractivity contribution is -0.124. The fraction of sp³-hybridized carbons (Fsp3) is 0.263. The average Bonchev–Trinajstić information content (AvgIpc) is 2.59. The van der Waals surface area contributed by atoms with Crippen LogP contribution in [0.25, 0.3) is 0 Å². The fourth-order valence-corrected chi connectivity index (χ4v) is 2.23. The van der Waals surface area contributed by atoms with Gasteiger partial charge in [0.25, 0.3) is 5.91 Å². The number of phenolic OH excluding ortho intramolecular Hbond substituents is 1. The van der Waals surface area contributed by atoms with E-state index in [4.69, 9.17) is 4.74 Å². The van der Waals surface area contributed by atoms with Crippen molar-refractivity contribution in [3.8, 4) is 5.75 Å². The Morgan fingerprint density at radius 2 is 1.75 bits per heavy atom. The molecule has 0 heterocycles. The Balaban J connectivity index is 1.70. The molecule has 0 aliphatic rings. The quantitative estimate of drug-likeness (QED) is 0.767. The number of aromatic hydroxyl groups is 1. The molecule has 0 saturated carbocycles. The maximum atomic E-state index is 11.8. The van der Waals surface area contributed by atoms with Gasteiger partial charge in [-0.05, 0) is 49.6 Å². The van der Waals surface area contributed by atoms with E-state index in [1.165, 1.54) is 29.8 Å². The van der Waals surface area contributed by atoms with Crippen molar-refractivity contribution in [3.05, 3.63) is 65.7 Å². The summed E-state index contributed by atoms with van der Waals surface area (Å²) in [4.78, 5) is 23.6. The number of amides is 1. The van der Waals surface area contributed by atoms with Crippen molar-refractivity contribution in [3.63, 3.8) is 0 Å². The molecular weight excluding hydrogens is 306 g/mol. The Hall–Kier alpha value is -2.82. The molecule has 0 fully saturated rings. The lowest BCUT2D eigenvalue weighted by atomic mass is 10.1. The van der Waals surface area contributed by atoms with Gasteiger partial charge < -0.3 is 15.2 Å². The molecule has 2 rings (SSSR count). The molecular formula is C19H21NO4. The van der Waals surface area contributed by atoms with Gasteiger partial charge in [0, 0.05) is 6.04 Å². The zero-order chi connectivity index (χ0) is 17.4. The minimum Gasteiger partial charge on any atom is -0.508 e. The summed E-state index contributed by atoms with van der Waals surface area (Å²) < 4.78 is 4.96. The van der Waals surface area contributed by atoms with Crippen molar-refractivity contribution < 1.29 is 19.4 Å². The Kier molecular flexibility index (Phi) is 6.37. The molecule has 0 radical (unpaired) electrons. The number of carbonyl (C=O) groups is 2. The number of hydrogen-bond acceptors (Lipinski definition) is 4. The van der Waals surface area contributed by atoms with Crippen LogP contribution in [0.4, 0.5) is 0 Å². The molecule has 0 saturated heterocycles. The molecule has 0 spiro atoms. The lowest BCUT2D eigenvalue weighted by Crippen LogP contribution is -2.36. The topological polar surface area (TPSA) is 75.6 Å². The second kappa shape index (κ2) is 8.72. The van der Waals surface area contributed by atoms with Gasteiger partial charge in [-0.3, -0.25) is 4.79 Å². The predicted octanol–water partition coefficient (Wildman–Crippen LogP) is 2.69. The van der Waals surface area contributed by atoms with Crippen LogP contribution in [0.1, 0.15) is 29.3 Å². The van der Waals surface area contributed by atoms with E-state index >= 15 is 0 Å². The third-order valence-corrected chi connectivity index (χ3v) is 3.55. The largest absolute Gasteiger partial charge is 0.508 e. The van der Waals surface area contributed by atoms with Crippen molar-refractivity contribution >= 4 is 11.9 Å². The van der Waals surface area contributed by atoms with Gasteiger partial charge in [0.05, 0.1) is 5.56 Å². The maximum absolute atomic E-state index is 11.8. The van der Waals surface area contributed by atoms with Crippen LogP contribution in [0.5, 0.6) is 5.75 Å². The molecule has 0 aliphatic heterocycles. The summed E-state index contributed by atoms with van der Waals surface area (Å²) in [7, 11) is 0. The standard InChI is InChI=1S/C19H21NO4/c1-14(7-8-15-5-3-2-4-6-15)20-18(22)13-24-19(23)16-9-11-17(21)12-10-16/h2-6,9-12,14,21H,7-8,13H2,1H3,(H,20,22)/t14-/m0/s1. The number of hydrogen-bond donors (Lipinski definition) is 2. The van der Waals surface area contributed by atoms with Crippen LogP contribution in [-0.2, 0) is 16.0 Å². The van der Waals surface area contributed by atoms with Crippen molar-refractivity contribution in [1.29, 1.82) is 0 Å². The first-order valence-corrected chi connectivity index (χ1v) is 7.84. The molecule has 24 heavy (non-hydrogen) atoms. The molecule has 2 N–H and O–H groups in total. The Labute approximate surface area is 141 Å². The second-order valence-electron chi connectivity index (χ2n) is 5.62. The van der Waals surface area contributed by atoms with E-state index in [0.717, 1.165) is 12.8 Å². The van der Waals surface area contributed by atoms with Gasteiger partial charge >= 0.3 is 5.97 Å². The third kappa shape index (κ3) is 5.76. The van der Waals surface area contributed by atoms with Gasteiger partial charge in [-0.15, -0.1) is 0 Å². The number of ether oxygens (including phenoxy) is 1. The highest BCUT2D eigenvalue weighted by atomic mass is 16.5. The summed E-state index contributed by atoms with van der Waals surface area (Å²) in [5.41, 5.74) is 1.51. The van der Waals surface area contributed by atoms with Gasteiger partial charge in [0.2, 0.25) is 0 Å². The van der Waals surface area contributed by atoms with Crippen molar-refractivity contribution in [2.75, 3.05) is 6.61 Å². The van der Waals surface area contributed by atoms with Crippen LogP contribution in [0.2, 0.25) is 0 Å². The molecule has 0 bridgehead atoms. The number of aryl methyl sites for hydroxylation is 1. The van der Waals surface area contributed by atoms with E-state index in [1.54, 1.807) is 0 Å². The minimum absolute atomic E-state index is 0.00918. The highest BCUT2D eigenvalue weighted by Gasteiger charge is 2.12.